The van der Waals surface area contributed by atoms with Gasteiger partial charge in [0, 0.05) is 6.07 Å². The van der Waals surface area contributed by atoms with Gasteiger partial charge in [-0.15, -0.1) is 0 Å². The maximum absolute atomic E-state index is 13.2. The number of phenols is 1. The van der Waals surface area contributed by atoms with Crippen LogP contribution in [0.15, 0.2) is 32.9 Å². The topological polar surface area (TPSA) is 226 Å². The van der Waals surface area contributed by atoms with Crippen LogP contribution >= 0.6 is 0 Å². The first-order valence-corrected chi connectivity index (χ1v) is 11.6. The fraction of sp³-hybridized carbons (Fsp3) is 0.500. The summed E-state index contributed by atoms with van der Waals surface area (Å²) in [5.74, 6) is -5.27. The van der Waals surface area contributed by atoms with Crippen LogP contribution in [-0.2, 0) is 29.5 Å². The molecule has 3 aliphatic rings. The average molecular weight is 538 g/mol. The fourth-order valence-electron chi connectivity index (χ4n) is 4.96. The van der Waals surface area contributed by atoms with E-state index < -0.39 is 83.8 Å². The van der Waals surface area contributed by atoms with Crippen LogP contribution in [-0.4, -0.2) is 91.6 Å². The van der Waals surface area contributed by atoms with Gasteiger partial charge in [0.25, 0.3) is 0 Å². The third-order valence-electron chi connectivity index (χ3n) is 7.02. The van der Waals surface area contributed by atoms with Crippen molar-refractivity contribution in [3.63, 3.8) is 0 Å². The summed E-state index contributed by atoms with van der Waals surface area (Å²) in [5.41, 5.74) is -0.742. The zero-order chi connectivity index (χ0) is 27.7. The molecule has 38 heavy (non-hydrogen) atoms. The molecule has 14 nitrogen and oxygen atoms in total. The zero-order valence-electron chi connectivity index (χ0n) is 20.1. The molecule has 2 fully saturated rings. The van der Waals surface area contributed by atoms with Crippen LogP contribution in [0, 0.1) is 6.92 Å². The van der Waals surface area contributed by atoms with Gasteiger partial charge >= 0.3 is 5.97 Å². The molecule has 5 rings (SSSR count). The van der Waals surface area contributed by atoms with Gasteiger partial charge in [-0.3, -0.25) is 4.79 Å². The lowest BCUT2D eigenvalue weighted by Gasteiger charge is -2.40. The number of phenolic OH excluding ortho intramolecular Hbond substituents is 1. The van der Waals surface area contributed by atoms with E-state index in [1.807, 2.05) is 0 Å². The van der Waals surface area contributed by atoms with Gasteiger partial charge in [-0.2, -0.15) is 0 Å². The highest BCUT2D eigenvalue weighted by molar-refractivity contribution is 5.89. The molecule has 2 saturated heterocycles. The Labute approximate surface area is 213 Å². The normalized spacial score (nSPS) is 35.7. The van der Waals surface area contributed by atoms with Gasteiger partial charge in [0.2, 0.25) is 11.5 Å². The lowest BCUT2D eigenvalue weighted by Crippen LogP contribution is -2.55. The molecule has 7 N–H and O–H groups in total. The van der Waals surface area contributed by atoms with E-state index in [9.17, 15) is 45.3 Å². The second-order valence-corrected chi connectivity index (χ2v) is 9.53. The average Bonchev–Trinajstić information content (AvgIpc) is 3.39. The summed E-state index contributed by atoms with van der Waals surface area (Å²) in [7, 11) is 0. The lowest BCUT2D eigenvalue weighted by molar-refractivity contribution is -0.231. The van der Waals surface area contributed by atoms with Gasteiger partial charge in [-0.25, -0.2) is 4.79 Å². The van der Waals surface area contributed by atoms with Crippen molar-refractivity contribution >= 4 is 16.9 Å². The van der Waals surface area contributed by atoms with Crippen molar-refractivity contribution in [3.8, 4) is 5.75 Å². The minimum absolute atomic E-state index is 0.00637. The zero-order valence-corrected chi connectivity index (χ0v) is 20.1. The Bertz CT molecular complexity index is 1380. The third-order valence-corrected chi connectivity index (χ3v) is 7.02. The van der Waals surface area contributed by atoms with E-state index >= 15 is 0 Å². The second-order valence-electron chi connectivity index (χ2n) is 9.53. The Morgan fingerprint density at radius 1 is 1.03 bits per heavy atom. The highest BCUT2D eigenvalue weighted by Crippen LogP contribution is 2.43. The van der Waals surface area contributed by atoms with E-state index in [0.29, 0.717) is 5.56 Å². The number of ether oxygens (including phenoxy) is 4. The summed E-state index contributed by atoms with van der Waals surface area (Å²) in [6.07, 6.45) is -10.5. The molecule has 14 heteroatoms. The number of cyclic esters (lactones) is 1. The number of fused-ring (bicyclic) bond motifs is 1. The molecule has 3 aliphatic heterocycles. The predicted molar refractivity (Wildman–Crippen MR) is 122 cm³/mol. The molecule has 1 aromatic heterocycles. The van der Waals surface area contributed by atoms with Gasteiger partial charge < -0.3 is 59.1 Å². The maximum atomic E-state index is 13.2. The van der Waals surface area contributed by atoms with Crippen molar-refractivity contribution < 1.29 is 63.9 Å². The van der Waals surface area contributed by atoms with Crippen molar-refractivity contribution in [2.24, 2.45) is 0 Å². The maximum Gasteiger partial charge on any atom is 0.377 e. The van der Waals surface area contributed by atoms with E-state index in [1.54, 1.807) is 0 Å². The van der Waals surface area contributed by atoms with Crippen LogP contribution in [0.2, 0.25) is 0 Å². The number of aliphatic hydroxyl groups excluding tert-OH is 6. The molecule has 0 spiro atoms. The van der Waals surface area contributed by atoms with Gasteiger partial charge in [0.1, 0.15) is 48.0 Å². The van der Waals surface area contributed by atoms with Crippen LogP contribution in [0.1, 0.15) is 29.9 Å². The molecular weight excluding hydrogens is 512 g/mol. The van der Waals surface area contributed by atoms with E-state index in [2.05, 4.69) is 0 Å². The van der Waals surface area contributed by atoms with Crippen molar-refractivity contribution in [3.05, 3.63) is 50.8 Å². The number of aliphatic hydroxyl groups is 6. The third kappa shape index (κ3) is 3.92. The fourth-order valence-corrected chi connectivity index (χ4v) is 4.96. The molecule has 8 atom stereocenters. The molecule has 4 heterocycles. The summed E-state index contributed by atoms with van der Waals surface area (Å²) in [6.45, 7) is 1.96. The van der Waals surface area contributed by atoms with Crippen molar-refractivity contribution in [2.75, 3.05) is 13.2 Å². The van der Waals surface area contributed by atoms with E-state index in [-0.39, 0.29) is 28.9 Å². The number of benzene rings is 1. The Balaban J connectivity index is 1.59. The van der Waals surface area contributed by atoms with Crippen LogP contribution in [0.5, 0.6) is 5.75 Å². The summed E-state index contributed by atoms with van der Waals surface area (Å²) in [6, 6.07) is 2.33. The standard InChI is InChI=1S/C24H26O14/c1-7-3-8(26)14(22-17(30)16(29)15(28)10(5-25)35-22)21-13(7)9(27)4-12(36-21)24(2)34-6-11(38-24)20-18(31)19(32)23(33)37-20/h3-4,10-11,15-17,20,22,25-26,28-32H,5-6H2,1-2H3/t10-,11?,15-,16+,17-,20?,22?,24?/m1/s1. The van der Waals surface area contributed by atoms with Gasteiger partial charge in [0.05, 0.1) is 24.2 Å². The molecular formula is C24H26O14. The summed E-state index contributed by atoms with van der Waals surface area (Å²) >= 11 is 0. The number of hydrogen-bond donors (Lipinski definition) is 7. The van der Waals surface area contributed by atoms with Gasteiger partial charge in [-0.1, -0.05) is 0 Å². The SMILES string of the molecule is Cc1cc(O)c(C2O[C@H](CO)[C@@H](O)[C@H](O)[C@H]2O)c2oc(C3(C)OCC(C4OC(=O)C(O)=C4O)O3)cc(=O)c12. The summed E-state index contributed by atoms with van der Waals surface area (Å²) in [4.78, 5) is 24.8. The molecule has 0 radical (unpaired) electrons. The van der Waals surface area contributed by atoms with Crippen molar-refractivity contribution in [2.45, 2.75) is 62.4 Å². The Kier molecular flexibility index (Phi) is 6.38. The second kappa shape index (κ2) is 9.20. The summed E-state index contributed by atoms with van der Waals surface area (Å²) < 4.78 is 28.0. The number of carbonyl (C=O) groups excluding carboxylic acids is 1. The first-order valence-electron chi connectivity index (χ1n) is 11.6. The monoisotopic (exact) mass is 538 g/mol. The minimum Gasteiger partial charge on any atom is -0.507 e. The molecule has 2 aromatic rings. The van der Waals surface area contributed by atoms with Gasteiger partial charge in [0.15, 0.2) is 23.1 Å². The van der Waals surface area contributed by atoms with E-state index in [4.69, 9.17) is 23.4 Å². The van der Waals surface area contributed by atoms with Gasteiger partial charge in [-0.05, 0) is 25.5 Å². The highest BCUT2D eigenvalue weighted by Gasteiger charge is 2.51. The first-order chi connectivity index (χ1) is 17.9. The Hall–Kier alpha value is -3.24. The first kappa shape index (κ1) is 26.4. The quantitative estimate of drug-likeness (QED) is 0.236. The smallest absolute Gasteiger partial charge is 0.377 e. The number of hydrogen-bond acceptors (Lipinski definition) is 14. The predicted octanol–water partition coefficient (Wildman–Crippen LogP) is -0.837. The van der Waals surface area contributed by atoms with Crippen LogP contribution in [0.4, 0.5) is 0 Å². The minimum atomic E-state index is -1.78. The molecule has 4 unspecified atom stereocenters. The van der Waals surface area contributed by atoms with Crippen molar-refractivity contribution in [1.29, 1.82) is 0 Å². The number of aromatic hydroxyl groups is 1. The lowest BCUT2D eigenvalue weighted by atomic mass is 9.89. The molecule has 0 saturated carbocycles. The molecule has 0 amide bonds. The van der Waals surface area contributed by atoms with Crippen LogP contribution in [0.3, 0.4) is 0 Å². The van der Waals surface area contributed by atoms with Crippen LogP contribution < -0.4 is 5.43 Å². The van der Waals surface area contributed by atoms with E-state index in [1.165, 1.54) is 19.9 Å². The molecule has 0 aliphatic carbocycles. The van der Waals surface area contributed by atoms with E-state index in [0.717, 1.165) is 6.07 Å². The summed E-state index contributed by atoms with van der Waals surface area (Å²) in [5, 5.41) is 71.1. The molecule has 206 valence electrons. The highest BCUT2D eigenvalue weighted by atomic mass is 16.8. The number of aryl methyl sites for hydroxylation is 1. The number of carbonyl (C=O) groups is 1. The largest absolute Gasteiger partial charge is 0.507 e. The number of esters is 1. The van der Waals surface area contributed by atoms with Crippen molar-refractivity contribution in [1.82, 2.24) is 0 Å². The molecule has 1 aromatic carbocycles. The molecule has 0 bridgehead atoms. The Morgan fingerprint density at radius 2 is 1.74 bits per heavy atom. The Morgan fingerprint density at radius 3 is 2.37 bits per heavy atom. The van der Waals surface area contributed by atoms with Crippen LogP contribution in [0.25, 0.3) is 11.0 Å². The number of rotatable bonds is 4.